The van der Waals surface area contributed by atoms with Gasteiger partial charge in [0.05, 0.1) is 17.8 Å². The second-order valence-corrected chi connectivity index (χ2v) is 5.13. The van der Waals surface area contributed by atoms with Crippen molar-refractivity contribution in [2.45, 2.75) is 6.92 Å². The van der Waals surface area contributed by atoms with Crippen LogP contribution in [0.5, 0.6) is 5.75 Å². The summed E-state index contributed by atoms with van der Waals surface area (Å²) in [4.78, 5) is 12.1. The Morgan fingerprint density at radius 3 is 2.59 bits per heavy atom. The Bertz CT molecular complexity index is 860. The number of halogens is 1. The van der Waals surface area contributed by atoms with E-state index in [2.05, 4.69) is 15.5 Å². The lowest BCUT2D eigenvalue weighted by Crippen LogP contribution is -1.98. The first-order valence-corrected chi connectivity index (χ1v) is 6.92. The lowest BCUT2D eigenvalue weighted by atomic mass is 10.2. The molecule has 1 amide bonds. The molecule has 2 aromatic carbocycles. The molecule has 1 N–H and O–H groups in total. The highest BCUT2D eigenvalue weighted by Gasteiger charge is 2.10. The third-order valence-corrected chi connectivity index (χ3v) is 3.60. The number of amides is 1. The molecule has 0 unspecified atom stereocenters. The molecule has 1 heterocycles. The van der Waals surface area contributed by atoms with E-state index in [1.807, 2.05) is 19.1 Å². The van der Waals surface area contributed by atoms with Gasteiger partial charge in [-0.15, -0.1) is 10.2 Å². The van der Waals surface area contributed by atoms with Crippen LogP contribution in [0, 0.1) is 6.92 Å². The molecule has 3 rings (SSSR count). The van der Waals surface area contributed by atoms with Gasteiger partial charge < -0.3 is 10.1 Å². The van der Waals surface area contributed by atoms with Crippen LogP contribution in [0.3, 0.4) is 0 Å². The number of fused-ring (bicyclic) bond motifs is 1. The van der Waals surface area contributed by atoms with Gasteiger partial charge in [0.1, 0.15) is 16.8 Å². The van der Waals surface area contributed by atoms with E-state index in [0.29, 0.717) is 28.4 Å². The van der Waals surface area contributed by atoms with E-state index in [4.69, 9.17) is 16.3 Å². The maximum absolute atomic E-state index is 10.6. The minimum Gasteiger partial charge on any atom is -0.495 e. The summed E-state index contributed by atoms with van der Waals surface area (Å²) in [5, 5.41) is 12.0. The summed E-state index contributed by atoms with van der Waals surface area (Å²) in [6.07, 6.45) is 0.641. The molecule has 0 aliphatic carbocycles. The molecule has 0 radical (unpaired) electrons. The number of ether oxygens (including phenoxy) is 1. The number of carbonyl (C=O) groups excluding carboxylic acids is 1. The number of hydrogen-bond acceptors (Lipinski definition) is 4. The average molecular weight is 317 g/mol. The predicted octanol–water partition coefficient (Wildman–Crippen LogP) is 2.96. The first-order valence-electron chi connectivity index (χ1n) is 6.54. The van der Waals surface area contributed by atoms with Crippen molar-refractivity contribution < 1.29 is 9.53 Å². The topological polar surface area (TPSA) is 69.0 Å². The third kappa shape index (κ3) is 2.48. The van der Waals surface area contributed by atoms with E-state index in [-0.39, 0.29) is 0 Å². The number of anilines is 1. The normalized spacial score (nSPS) is 10.7. The average Bonchev–Trinajstić information content (AvgIpc) is 2.90. The molecule has 0 atom stereocenters. The van der Waals surface area contributed by atoms with Gasteiger partial charge in [-0.1, -0.05) is 11.6 Å². The summed E-state index contributed by atoms with van der Waals surface area (Å²) in [7, 11) is 1.56. The molecule has 0 aliphatic rings. The molecule has 0 aliphatic heterocycles. The first kappa shape index (κ1) is 14.3. The summed E-state index contributed by atoms with van der Waals surface area (Å²) < 4.78 is 5.13. The minimum absolute atomic E-state index is 0.487. The van der Waals surface area contributed by atoms with Crippen molar-refractivity contribution in [2.75, 3.05) is 12.4 Å². The molecule has 6 nitrogen and oxygen atoms in total. The Kier molecular flexibility index (Phi) is 3.68. The summed E-state index contributed by atoms with van der Waals surface area (Å²) in [6.45, 7) is 1.90. The molecule has 0 spiro atoms. The van der Waals surface area contributed by atoms with Gasteiger partial charge in [0.15, 0.2) is 0 Å². The number of nitrogens with one attached hydrogen (secondary N) is 1. The smallest absolute Gasteiger partial charge is 0.211 e. The zero-order valence-electron chi connectivity index (χ0n) is 12.0. The Hall–Kier alpha value is -2.60. The number of rotatable bonds is 4. The predicted molar refractivity (Wildman–Crippen MR) is 84.9 cm³/mol. The third-order valence-electron chi connectivity index (χ3n) is 3.31. The van der Waals surface area contributed by atoms with Crippen LogP contribution in [0.15, 0.2) is 30.3 Å². The number of methoxy groups -OCH3 is 1. The lowest BCUT2D eigenvalue weighted by molar-refractivity contribution is -0.105. The molecule has 0 saturated carbocycles. The van der Waals surface area contributed by atoms with E-state index >= 15 is 0 Å². The van der Waals surface area contributed by atoms with Crippen molar-refractivity contribution in [1.82, 2.24) is 15.0 Å². The highest BCUT2D eigenvalue weighted by atomic mass is 35.5. The van der Waals surface area contributed by atoms with E-state index < -0.39 is 0 Å². The van der Waals surface area contributed by atoms with Crippen molar-refractivity contribution in [2.24, 2.45) is 0 Å². The fourth-order valence-electron chi connectivity index (χ4n) is 2.18. The maximum Gasteiger partial charge on any atom is 0.211 e. The fraction of sp³-hybridized carbons (Fsp3) is 0.133. The van der Waals surface area contributed by atoms with Crippen molar-refractivity contribution in [3.05, 3.63) is 40.9 Å². The molecule has 1 aromatic heterocycles. The van der Waals surface area contributed by atoms with Gasteiger partial charge in [0.2, 0.25) is 6.41 Å². The molecule has 22 heavy (non-hydrogen) atoms. The van der Waals surface area contributed by atoms with Gasteiger partial charge in [0, 0.05) is 5.69 Å². The molecule has 0 fully saturated rings. The van der Waals surface area contributed by atoms with Gasteiger partial charge in [-0.3, -0.25) is 4.79 Å². The van der Waals surface area contributed by atoms with Gasteiger partial charge in [-0.2, -0.15) is 4.80 Å². The minimum atomic E-state index is 0.487. The maximum atomic E-state index is 10.6. The highest BCUT2D eigenvalue weighted by molar-refractivity contribution is 6.32. The van der Waals surface area contributed by atoms with Gasteiger partial charge in [0.25, 0.3) is 0 Å². The summed E-state index contributed by atoms with van der Waals surface area (Å²) in [5.41, 5.74) is 3.77. The van der Waals surface area contributed by atoms with E-state index in [0.717, 1.165) is 16.8 Å². The van der Waals surface area contributed by atoms with Crippen molar-refractivity contribution in [1.29, 1.82) is 0 Å². The zero-order chi connectivity index (χ0) is 15.7. The summed E-state index contributed by atoms with van der Waals surface area (Å²) in [5.74, 6) is 0.593. The van der Waals surface area contributed by atoms with Gasteiger partial charge >= 0.3 is 0 Å². The standard InChI is InChI=1S/C15H13ClN4O2/c1-9-5-13-14(7-12(9)17-8-21)19-20(18-13)10-3-4-15(22-2)11(16)6-10/h3-8H,1-2H3,(H,17,21). The fourth-order valence-corrected chi connectivity index (χ4v) is 2.43. The molecule has 0 saturated heterocycles. The Labute approximate surface area is 131 Å². The van der Waals surface area contributed by atoms with Crippen LogP contribution in [-0.4, -0.2) is 28.5 Å². The number of aromatic nitrogens is 3. The Balaban J connectivity index is 2.08. The van der Waals surface area contributed by atoms with Crippen LogP contribution < -0.4 is 10.1 Å². The molecule has 0 bridgehead atoms. The second kappa shape index (κ2) is 5.65. The van der Waals surface area contributed by atoms with Gasteiger partial charge in [-0.25, -0.2) is 0 Å². The number of benzene rings is 2. The quantitative estimate of drug-likeness (QED) is 0.751. The van der Waals surface area contributed by atoms with E-state index in [1.54, 1.807) is 25.3 Å². The van der Waals surface area contributed by atoms with E-state index in [9.17, 15) is 4.79 Å². The largest absolute Gasteiger partial charge is 0.495 e. The zero-order valence-corrected chi connectivity index (χ0v) is 12.8. The highest BCUT2D eigenvalue weighted by Crippen LogP contribution is 2.27. The molecular formula is C15H13ClN4O2. The van der Waals surface area contributed by atoms with Crippen LogP contribution in [0.2, 0.25) is 5.02 Å². The first-order chi connectivity index (χ1) is 10.6. The van der Waals surface area contributed by atoms with Crippen molar-refractivity contribution >= 4 is 34.7 Å². The number of aryl methyl sites for hydroxylation is 1. The van der Waals surface area contributed by atoms with Crippen LogP contribution >= 0.6 is 11.6 Å². The monoisotopic (exact) mass is 316 g/mol. The van der Waals surface area contributed by atoms with Crippen LogP contribution in [0.4, 0.5) is 5.69 Å². The van der Waals surface area contributed by atoms with Crippen molar-refractivity contribution in [3.8, 4) is 11.4 Å². The molecule has 7 heteroatoms. The Morgan fingerprint density at radius 1 is 1.23 bits per heavy atom. The lowest BCUT2D eigenvalue weighted by Gasteiger charge is -2.04. The van der Waals surface area contributed by atoms with Crippen LogP contribution in [-0.2, 0) is 4.79 Å². The SMILES string of the molecule is COc1ccc(-n2nc3cc(C)c(NC=O)cc3n2)cc1Cl. The molecule has 112 valence electrons. The van der Waals surface area contributed by atoms with E-state index in [1.165, 1.54) is 4.80 Å². The Morgan fingerprint density at radius 2 is 1.95 bits per heavy atom. The summed E-state index contributed by atoms with van der Waals surface area (Å²) >= 11 is 6.13. The molecule has 3 aromatic rings. The number of nitrogens with zero attached hydrogens (tertiary/aromatic N) is 3. The van der Waals surface area contributed by atoms with Crippen LogP contribution in [0.25, 0.3) is 16.7 Å². The summed E-state index contributed by atoms with van der Waals surface area (Å²) in [6, 6.07) is 8.97. The van der Waals surface area contributed by atoms with Gasteiger partial charge in [-0.05, 0) is 42.8 Å². The van der Waals surface area contributed by atoms with Crippen LogP contribution in [0.1, 0.15) is 5.56 Å². The molecular weight excluding hydrogens is 304 g/mol. The second-order valence-electron chi connectivity index (χ2n) is 4.73. The number of carbonyl (C=O) groups is 1. The van der Waals surface area contributed by atoms with Crippen molar-refractivity contribution in [3.63, 3.8) is 0 Å². The number of hydrogen-bond donors (Lipinski definition) is 1.